The van der Waals surface area contributed by atoms with Gasteiger partial charge in [0.25, 0.3) is 5.91 Å². The normalized spacial score (nSPS) is 19.6. The van der Waals surface area contributed by atoms with Crippen LogP contribution in [0.1, 0.15) is 28.9 Å². The fourth-order valence-corrected chi connectivity index (χ4v) is 2.40. The first-order valence-corrected chi connectivity index (χ1v) is 6.11. The van der Waals surface area contributed by atoms with Crippen LogP contribution in [0.25, 0.3) is 0 Å². The molecule has 2 rings (SSSR count). The standard InChI is InChI=1S/C13H19N3O/c1-10-5-3-7-15-12(10)13(17)16-8-4-6-11(16)9-14-2/h3,5,7,11,14H,4,6,8-9H2,1-2H3. The summed E-state index contributed by atoms with van der Waals surface area (Å²) in [6.45, 7) is 3.64. The SMILES string of the molecule is CNCC1CCCN1C(=O)c1ncccc1C. The molecule has 4 nitrogen and oxygen atoms in total. The fourth-order valence-electron chi connectivity index (χ4n) is 2.40. The number of hydrogen-bond acceptors (Lipinski definition) is 3. The van der Waals surface area contributed by atoms with Crippen LogP contribution in [0.2, 0.25) is 0 Å². The van der Waals surface area contributed by atoms with Crippen LogP contribution in [0.3, 0.4) is 0 Å². The first kappa shape index (κ1) is 12.0. The molecule has 17 heavy (non-hydrogen) atoms. The number of carbonyl (C=O) groups excluding carboxylic acids is 1. The van der Waals surface area contributed by atoms with Gasteiger partial charge >= 0.3 is 0 Å². The quantitative estimate of drug-likeness (QED) is 0.853. The molecular weight excluding hydrogens is 214 g/mol. The van der Waals surface area contributed by atoms with Crippen molar-refractivity contribution in [1.82, 2.24) is 15.2 Å². The number of pyridine rings is 1. The van der Waals surface area contributed by atoms with Gasteiger partial charge in [0.15, 0.2) is 0 Å². The number of likely N-dealkylation sites (tertiary alicyclic amines) is 1. The lowest BCUT2D eigenvalue weighted by Gasteiger charge is -2.24. The van der Waals surface area contributed by atoms with E-state index in [9.17, 15) is 4.79 Å². The summed E-state index contributed by atoms with van der Waals surface area (Å²) in [5.41, 5.74) is 1.54. The number of aromatic nitrogens is 1. The zero-order chi connectivity index (χ0) is 12.3. The minimum atomic E-state index is 0.0702. The van der Waals surface area contributed by atoms with Gasteiger partial charge in [-0.3, -0.25) is 9.78 Å². The van der Waals surface area contributed by atoms with Crippen molar-refractivity contribution in [2.45, 2.75) is 25.8 Å². The number of rotatable bonds is 3. The summed E-state index contributed by atoms with van der Waals surface area (Å²) in [6, 6.07) is 4.11. The summed E-state index contributed by atoms with van der Waals surface area (Å²) in [5.74, 6) is 0.0702. The van der Waals surface area contributed by atoms with Crippen molar-refractivity contribution in [3.63, 3.8) is 0 Å². The number of aryl methyl sites for hydroxylation is 1. The highest BCUT2D eigenvalue weighted by Gasteiger charge is 2.29. The van der Waals surface area contributed by atoms with Crippen LogP contribution in [0.15, 0.2) is 18.3 Å². The zero-order valence-corrected chi connectivity index (χ0v) is 10.4. The number of nitrogens with zero attached hydrogens (tertiary/aromatic N) is 2. The smallest absolute Gasteiger partial charge is 0.273 e. The van der Waals surface area contributed by atoms with E-state index in [4.69, 9.17) is 0 Å². The maximum atomic E-state index is 12.4. The highest BCUT2D eigenvalue weighted by Crippen LogP contribution is 2.19. The molecule has 1 unspecified atom stereocenters. The zero-order valence-electron chi connectivity index (χ0n) is 10.4. The molecule has 0 bridgehead atoms. The highest BCUT2D eigenvalue weighted by atomic mass is 16.2. The van der Waals surface area contributed by atoms with Crippen LogP contribution in [-0.4, -0.2) is 42.0 Å². The van der Waals surface area contributed by atoms with Crippen LogP contribution in [-0.2, 0) is 0 Å². The second-order valence-corrected chi connectivity index (χ2v) is 4.52. The van der Waals surface area contributed by atoms with E-state index in [2.05, 4.69) is 10.3 Å². The Morgan fingerprint density at radius 2 is 2.47 bits per heavy atom. The molecule has 0 spiro atoms. The molecular formula is C13H19N3O. The Bertz CT molecular complexity index is 405. The van der Waals surface area contributed by atoms with E-state index < -0.39 is 0 Å². The lowest BCUT2D eigenvalue weighted by atomic mass is 10.1. The second-order valence-electron chi connectivity index (χ2n) is 4.52. The van der Waals surface area contributed by atoms with E-state index in [1.807, 2.05) is 31.0 Å². The van der Waals surface area contributed by atoms with Crippen molar-refractivity contribution in [3.05, 3.63) is 29.6 Å². The van der Waals surface area contributed by atoms with E-state index >= 15 is 0 Å². The summed E-state index contributed by atoms with van der Waals surface area (Å²) in [5, 5.41) is 3.15. The van der Waals surface area contributed by atoms with Crippen LogP contribution in [0.5, 0.6) is 0 Å². The number of likely N-dealkylation sites (N-methyl/N-ethyl adjacent to an activating group) is 1. The molecule has 4 heteroatoms. The Kier molecular flexibility index (Phi) is 3.74. The molecule has 1 aliphatic rings. The number of nitrogens with one attached hydrogen (secondary N) is 1. The van der Waals surface area contributed by atoms with Crippen molar-refractivity contribution in [1.29, 1.82) is 0 Å². The molecule has 1 aromatic rings. The van der Waals surface area contributed by atoms with E-state index in [1.165, 1.54) is 0 Å². The molecule has 92 valence electrons. The minimum Gasteiger partial charge on any atom is -0.333 e. The predicted molar refractivity (Wildman–Crippen MR) is 67.0 cm³/mol. The van der Waals surface area contributed by atoms with Crippen LogP contribution in [0.4, 0.5) is 0 Å². The molecule has 1 N–H and O–H groups in total. The molecule has 1 atom stereocenters. The Hall–Kier alpha value is -1.42. The van der Waals surface area contributed by atoms with Gasteiger partial charge in [0.2, 0.25) is 0 Å². The van der Waals surface area contributed by atoms with Crippen molar-refractivity contribution < 1.29 is 4.79 Å². The Morgan fingerprint density at radius 1 is 1.65 bits per heavy atom. The lowest BCUT2D eigenvalue weighted by Crippen LogP contribution is -2.41. The second kappa shape index (κ2) is 5.27. The molecule has 0 aromatic carbocycles. The summed E-state index contributed by atoms with van der Waals surface area (Å²) in [6.07, 6.45) is 3.85. The van der Waals surface area contributed by atoms with Crippen molar-refractivity contribution in [3.8, 4) is 0 Å². The molecule has 1 aromatic heterocycles. The Balaban J connectivity index is 2.17. The van der Waals surface area contributed by atoms with Gasteiger partial charge in [-0.2, -0.15) is 0 Å². The van der Waals surface area contributed by atoms with Gasteiger partial charge in [-0.05, 0) is 38.4 Å². The average molecular weight is 233 g/mol. The topological polar surface area (TPSA) is 45.2 Å². The Labute approximate surface area is 102 Å². The molecule has 2 heterocycles. The highest BCUT2D eigenvalue weighted by molar-refractivity contribution is 5.94. The fraction of sp³-hybridized carbons (Fsp3) is 0.538. The van der Waals surface area contributed by atoms with Gasteiger partial charge in [-0.15, -0.1) is 0 Å². The minimum absolute atomic E-state index is 0.0702. The van der Waals surface area contributed by atoms with Crippen molar-refractivity contribution in [2.24, 2.45) is 0 Å². The first-order chi connectivity index (χ1) is 8.24. The molecule has 1 fully saturated rings. The van der Waals surface area contributed by atoms with E-state index in [0.717, 1.165) is 31.5 Å². The maximum absolute atomic E-state index is 12.4. The molecule has 1 aliphatic heterocycles. The molecule has 0 saturated carbocycles. The molecule has 1 amide bonds. The lowest BCUT2D eigenvalue weighted by molar-refractivity contribution is 0.0730. The average Bonchev–Trinajstić information content (AvgIpc) is 2.78. The third kappa shape index (κ3) is 2.47. The van der Waals surface area contributed by atoms with E-state index in [1.54, 1.807) is 6.20 Å². The molecule has 0 radical (unpaired) electrons. The van der Waals surface area contributed by atoms with Crippen molar-refractivity contribution in [2.75, 3.05) is 20.1 Å². The predicted octanol–water partition coefficient (Wildman–Crippen LogP) is 1.21. The van der Waals surface area contributed by atoms with Crippen LogP contribution < -0.4 is 5.32 Å². The van der Waals surface area contributed by atoms with Gasteiger partial charge in [-0.25, -0.2) is 0 Å². The number of amides is 1. The Morgan fingerprint density at radius 3 is 3.18 bits per heavy atom. The van der Waals surface area contributed by atoms with Crippen LogP contribution >= 0.6 is 0 Å². The van der Waals surface area contributed by atoms with Crippen molar-refractivity contribution >= 4 is 5.91 Å². The monoisotopic (exact) mass is 233 g/mol. The summed E-state index contributed by atoms with van der Waals surface area (Å²) >= 11 is 0. The summed E-state index contributed by atoms with van der Waals surface area (Å²) in [7, 11) is 1.92. The maximum Gasteiger partial charge on any atom is 0.273 e. The number of carbonyl (C=O) groups is 1. The van der Waals surface area contributed by atoms with E-state index in [0.29, 0.717) is 11.7 Å². The number of hydrogen-bond donors (Lipinski definition) is 1. The van der Waals surface area contributed by atoms with Gasteiger partial charge < -0.3 is 10.2 Å². The largest absolute Gasteiger partial charge is 0.333 e. The molecule has 0 aliphatic carbocycles. The van der Waals surface area contributed by atoms with Gasteiger partial charge in [-0.1, -0.05) is 6.07 Å². The third-order valence-electron chi connectivity index (χ3n) is 3.29. The van der Waals surface area contributed by atoms with E-state index in [-0.39, 0.29) is 5.91 Å². The first-order valence-electron chi connectivity index (χ1n) is 6.11. The molecule has 1 saturated heterocycles. The van der Waals surface area contributed by atoms with Gasteiger partial charge in [0.1, 0.15) is 5.69 Å². The van der Waals surface area contributed by atoms with Gasteiger partial charge in [0, 0.05) is 25.3 Å². The summed E-state index contributed by atoms with van der Waals surface area (Å²) < 4.78 is 0. The summed E-state index contributed by atoms with van der Waals surface area (Å²) in [4.78, 5) is 18.5. The third-order valence-corrected chi connectivity index (χ3v) is 3.29. The van der Waals surface area contributed by atoms with Gasteiger partial charge in [0.05, 0.1) is 0 Å². The van der Waals surface area contributed by atoms with Crippen LogP contribution in [0, 0.1) is 6.92 Å².